The molecule has 2 rings (SSSR count). The number of benzene rings is 2. The van der Waals surface area contributed by atoms with Gasteiger partial charge in [-0.05, 0) is 43.7 Å². The Bertz CT molecular complexity index is 864. The van der Waals surface area contributed by atoms with E-state index in [2.05, 4.69) is 18.2 Å². The fourth-order valence-corrected chi connectivity index (χ4v) is 3.16. The number of nitrogens with zero attached hydrogens (tertiary/aromatic N) is 1. The Morgan fingerprint density at radius 1 is 1.07 bits per heavy atom. The second-order valence-corrected chi connectivity index (χ2v) is 7.08. The van der Waals surface area contributed by atoms with Gasteiger partial charge in [0.25, 0.3) is 0 Å². The molecule has 0 aliphatic carbocycles. The predicted molar refractivity (Wildman–Crippen MR) is 103 cm³/mol. The SMILES string of the molecule is CC(C)(N)c1ccccc1Sc1cccc(C#N)c1.O=C(O)/C=C\C(=O)O. The first-order valence-corrected chi connectivity index (χ1v) is 8.65. The Labute approximate surface area is 161 Å². The third-order valence-corrected chi connectivity index (χ3v) is 4.21. The normalized spacial score (nSPS) is 10.6. The minimum absolute atomic E-state index is 0.379. The summed E-state index contributed by atoms with van der Waals surface area (Å²) in [5, 5.41) is 24.6. The number of rotatable bonds is 5. The summed E-state index contributed by atoms with van der Waals surface area (Å²) in [6, 6.07) is 17.9. The molecule has 27 heavy (non-hydrogen) atoms. The molecular formula is C20H20N2O4S. The van der Waals surface area contributed by atoms with Gasteiger partial charge in [-0.1, -0.05) is 36.0 Å². The van der Waals surface area contributed by atoms with Crippen LogP contribution in [0.25, 0.3) is 0 Å². The first-order valence-electron chi connectivity index (χ1n) is 7.84. The summed E-state index contributed by atoms with van der Waals surface area (Å²) < 4.78 is 0. The van der Waals surface area contributed by atoms with Crippen LogP contribution in [0.1, 0.15) is 25.0 Å². The van der Waals surface area contributed by atoms with Gasteiger partial charge < -0.3 is 15.9 Å². The summed E-state index contributed by atoms with van der Waals surface area (Å²) >= 11 is 1.64. The minimum Gasteiger partial charge on any atom is -0.478 e. The average molecular weight is 384 g/mol. The molecular weight excluding hydrogens is 364 g/mol. The molecule has 2 aromatic rings. The van der Waals surface area contributed by atoms with Crippen molar-refractivity contribution < 1.29 is 19.8 Å². The fraction of sp³-hybridized carbons (Fsp3) is 0.150. The lowest BCUT2D eigenvalue weighted by Gasteiger charge is -2.22. The zero-order valence-corrected chi connectivity index (χ0v) is 15.7. The number of nitrogens with two attached hydrogens (primary N) is 1. The van der Waals surface area contributed by atoms with Crippen LogP contribution >= 0.6 is 11.8 Å². The maximum atomic E-state index is 9.55. The molecule has 7 heteroatoms. The molecule has 0 radical (unpaired) electrons. The highest BCUT2D eigenvalue weighted by molar-refractivity contribution is 7.99. The van der Waals surface area contributed by atoms with Crippen LogP contribution in [0, 0.1) is 11.3 Å². The summed E-state index contributed by atoms with van der Waals surface area (Å²) in [5.74, 6) is -2.51. The Balaban J connectivity index is 0.000000387. The predicted octanol–water partition coefficient (Wildman–Crippen LogP) is 3.62. The minimum atomic E-state index is -1.26. The summed E-state index contributed by atoms with van der Waals surface area (Å²) in [6.07, 6.45) is 1.12. The number of nitriles is 1. The topological polar surface area (TPSA) is 124 Å². The molecule has 0 amide bonds. The van der Waals surface area contributed by atoms with Gasteiger partial charge in [0.05, 0.1) is 11.6 Å². The standard InChI is InChI=1S/C16H16N2S.C4H4O4/c1-16(2,18)14-8-3-4-9-15(14)19-13-7-5-6-12(10-13)11-17;5-3(6)1-2-4(7)8/h3-10H,18H2,1-2H3;1-2H,(H,5,6)(H,7,8)/b;2-1-. The Morgan fingerprint density at radius 3 is 2.19 bits per heavy atom. The van der Waals surface area contributed by atoms with E-state index in [0.717, 1.165) is 15.4 Å². The number of carboxylic acid groups (broad SMARTS) is 2. The molecule has 140 valence electrons. The molecule has 0 saturated carbocycles. The molecule has 0 fully saturated rings. The van der Waals surface area contributed by atoms with Crippen LogP contribution in [0.2, 0.25) is 0 Å². The van der Waals surface area contributed by atoms with Gasteiger partial charge in [0.2, 0.25) is 0 Å². The summed E-state index contributed by atoms with van der Waals surface area (Å²) in [7, 11) is 0. The maximum Gasteiger partial charge on any atom is 0.328 e. The van der Waals surface area contributed by atoms with Crippen molar-refractivity contribution in [1.29, 1.82) is 5.26 Å². The highest BCUT2D eigenvalue weighted by Gasteiger charge is 2.18. The van der Waals surface area contributed by atoms with Crippen LogP contribution in [0.5, 0.6) is 0 Å². The van der Waals surface area contributed by atoms with Gasteiger partial charge in [-0.3, -0.25) is 0 Å². The van der Waals surface area contributed by atoms with Crippen molar-refractivity contribution in [2.24, 2.45) is 5.73 Å². The molecule has 0 bridgehead atoms. The average Bonchev–Trinajstić information content (AvgIpc) is 2.60. The van der Waals surface area contributed by atoms with Crippen LogP contribution in [-0.4, -0.2) is 22.2 Å². The van der Waals surface area contributed by atoms with Crippen molar-refractivity contribution in [3.63, 3.8) is 0 Å². The van der Waals surface area contributed by atoms with E-state index in [9.17, 15) is 9.59 Å². The van der Waals surface area contributed by atoms with Crippen LogP contribution < -0.4 is 5.73 Å². The van der Waals surface area contributed by atoms with Gasteiger partial charge >= 0.3 is 11.9 Å². The van der Waals surface area contributed by atoms with Crippen molar-refractivity contribution in [3.8, 4) is 6.07 Å². The lowest BCUT2D eigenvalue weighted by molar-refractivity contribution is -0.134. The second kappa shape index (κ2) is 10.2. The molecule has 6 nitrogen and oxygen atoms in total. The highest BCUT2D eigenvalue weighted by atomic mass is 32.2. The maximum absolute atomic E-state index is 9.55. The summed E-state index contributed by atoms with van der Waals surface area (Å²) in [6.45, 7) is 4.00. The summed E-state index contributed by atoms with van der Waals surface area (Å²) in [4.78, 5) is 21.3. The van der Waals surface area contributed by atoms with E-state index in [-0.39, 0.29) is 5.54 Å². The largest absolute Gasteiger partial charge is 0.478 e. The van der Waals surface area contributed by atoms with Gasteiger partial charge in [-0.2, -0.15) is 5.26 Å². The third kappa shape index (κ3) is 8.23. The van der Waals surface area contributed by atoms with Gasteiger partial charge in [0.1, 0.15) is 0 Å². The number of carboxylic acids is 2. The van der Waals surface area contributed by atoms with Crippen molar-refractivity contribution >= 4 is 23.7 Å². The van der Waals surface area contributed by atoms with Gasteiger partial charge in [0, 0.05) is 27.5 Å². The lowest BCUT2D eigenvalue weighted by atomic mass is 9.96. The van der Waals surface area contributed by atoms with Gasteiger partial charge in [0.15, 0.2) is 0 Å². The molecule has 0 heterocycles. The van der Waals surface area contributed by atoms with Crippen LogP contribution in [0.3, 0.4) is 0 Å². The molecule has 2 aromatic carbocycles. The first-order chi connectivity index (χ1) is 12.6. The fourth-order valence-electron chi connectivity index (χ4n) is 1.99. The number of hydrogen-bond donors (Lipinski definition) is 3. The highest BCUT2D eigenvalue weighted by Crippen LogP contribution is 2.34. The van der Waals surface area contributed by atoms with E-state index in [1.54, 1.807) is 11.8 Å². The Hall–Kier alpha value is -3.08. The summed E-state index contributed by atoms with van der Waals surface area (Å²) in [5.41, 5.74) is 7.61. The molecule has 0 saturated heterocycles. The van der Waals surface area contributed by atoms with E-state index in [1.165, 1.54) is 0 Å². The molecule has 0 aromatic heterocycles. The van der Waals surface area contributed by atoms with E-state index >= 15 is 0 Å². The number of carbonyl (C=O) groups is 2. The van der Waals surface area contributed by atoms with Gasteiger partial charge in [-0.15, -0.1) is 0 Å². The Kier molecular flexibility index (Phi) is 8.27. The number of aliphatic carboxylic acids is 2. The Morgan fingerprint density at radius 2 is 1.67 bits per heavy atom. The van der Waals surface area contributed by atoms with Gasteiger partial charge in [-0.25, -0.2) is 9.59 Å². The molecule has 0 spiro atoms. The van der Waals surface area contributed by atoms with Crippen molar-refractivity contribution in [3.05, 3.63) is 71.8 Å². The molecule has 0 aliphatic rings. The monoisotopic (exact) mass is 384 g/mol. The zero-order chi connectivity index (χ0) is 20.4. The smallest absolute Gasteiger partial charge is 0.328 e. The second-order valence-electron chi connectivity index (χ2n) is 5.97. The van der Waals surface area contributed by atoms with E-state index in [0.29, 0.717) is 17.7 Å². The molecule has 0 atom stereocenters. The van der Waals surface area contributed by atoms with Crippen molar-refractivity contribution in [2.75, 3.05) is 0 Å². The van der Waals surface area contributed by atoms with Crippen molar-refractivity contribution in [2.45, 2.75) is 29.2 Å². The third-order valence-electron chi connectivity index (χ3n) is 3.14. The first kappa shape index (κ1) is 22.0. The van der Waals surface area contributed by atoms with Crippen LogP contribution in [-0.2, 0) is 15.1 Å². The number of hydrogen-bond acceptors (Lipinski definition) is 5. The molecule has 0 unspecified atom stereocenters. The molecule has 0 aliphatic heterocycles. The van der Waals surface area contributed by atoms with E-state index < -0.39 is 11.9 Å². The lowest BCUT2D eigenvalue weighted by Crippen LogP contribution is -2.29. The van der Waals surface area contributed by atoms with Crippen molar-refractivity contribution in [1.82, 2.24) is 0 Å². The van der Waals surface area contributed by atoms with Crippen LogP contribution in [0.4, 0.5) is 0 Å². The van der Waals surface area contributed by atoms with E-state index in [1.807, 2.05) is 50.2 Å². The zero-order valence-electron chi connectivity index (χ0n) is 14.9. The molecule has 4 N–H and O–H groups in total. The van der Waals surface area contributed by atoms with Crippen LogP contribution in [0.15, 0.2) is 70.5 Å². The quantitative estimate of drug-likeness (QED) is 0.672. The van der Waals surface area contributed by atoms with E-state index in [4.69, 9.17) is 21.2 Å².